The van der Waals surface area contributed by atoms with Gasteiger partial charge < -0.3 is 23.7 Å². The number of rotatable bonds is 7. The van der Waals surface area contributed by atoms with E-state index >= 15 is 0 Å². The van der Waals surface area contributed by atoms with Gasteiger partial charge in [0.05, 0.1) is 31.0 Å². The fraction of sp³-hybridized carbons (Fsp3) is 0.360. The van der Waals surface area contributed by atoms with E-state index in [2.05, 4.69) is 9.88 Å². The summed E-state index contributed by atoms with van der Waals surface area (Å²) in [6.07, 6.45) is -2.47. The molecule has 0 N–H and O–H groups in total. The van der Waals surface area contributed by atoms with Gasteiger partial charge >= 0.3 is 6.18 Å². The van der Waals surface area contributed by atoms with Crippen molar-refractivity contribution in [2.24, 2.45) is 0 Å². The largest absolute Gasteiger partial charge is 0.496 e. The fourth-order valence-corrected chi connectivity index (χ4v) is 3.96. The Bertz CT molecular complexity index is 1180. The molecule has 0 radical (unpaired) electrons. The number of benzene rings is 2. The molecule has 1 saturated heterocycles. The van der Waals surface area contributed by atoms with Crippen LogP contribution in [0.3, 0.4) is 0 Å². The molecule has 0 saturated carbocycles. The molecule has 4 rings (SSSR count). The number of amides is 1. The first-order chi connectivity index (χ1) is 16.7. The number of alkyl halides is 3. The van der Waals surface area contributed by atoms with Crippen molar-refractivity contribution in [2.45, 2.75) is 19.5 Å². The first-order valence-corrected chi connectivity index (χ1v) is 11.2. The molecule has 1 aliphatic rings. The number of nitrogens with zero attached hydrogens (tertiary/aromatic N) is 3. The standard InChI is InChI=1S/C25H26F3N3O4/c1-17-29-16-23(35-17)21-7-6-19(15-22(21)33-2)30-9-8-24(32)31(11-10-30)12-13-34-20-5-3-4-18(14-20)25(26,27)28/h3-7,14-16H,8-13H2,1-2H3. The molecule has 0 aliphatic carbocycles. The molecule has 2 heterocycles. The van der Waals surface area contributed by atoms with Crippen LogP contribution in [0, 0.1) is 6.92 Å². The van der Waals surface area contributed by atoms with Gasteiger partial charge in [-0.05, 0) is 30.3 Å². The van der Waals surface area contributed by atoms with Crippen molar-refractivity contribution in [1.82, 2.24) is 9.88 Å². The van der Waals surface area contributed by atoms with Gasteiger partial charge in [0.25, 0.3) is 0 Å². The second kappa shape index (κ2) is 10.3. The minimum Gasteiger partial charge on any atom is -0.496 e. The minimum atomic E-state index is -4.43. The van der Waals surface area contributed by atoms with Gasteiger partial charge in [0, 0.05) is 44.7 Å². The van der Waals surface area contributed by atoms with E-state index < -0.39 is 11.7 Å². The van der Waals surface area contributed by atoms with Gasteiger partial charge in [0.1, 0.15) is 18.1 Å². The topological polar surface area (TPSA) is 68.0 Å². The third-order valence-corrected chi connectivity index (χ3v) is 5.82. The molecule has 0 atom stereocenters. The SMILES string of the molecule is COc1cc(N2CCC(=O)N(CCOc3cccc(C(F)(F)F)c3)CC2)ccc1-c1cnc(C)o1. The minimum absolute atomic E-state index is 0.0270. The molecule has 1 amide bonds. The maximum absolute atomic E-state index is 12.9. The van der Waals surface area contributed by atoms with Crippen LogP contribution in [0.4, 0.5) is 18.9 Å². The van der Waals surface area contributed by atoms with E-state index in [1.165, 1.54) is 12.1 Å². The zero-order chi connectivity index (χ0) is 25.0. The van der Waals surface area contributed by atoms with Gasteiger partial charge in [-0.1, -0.05) is 6.07 Å². The van der Waals surface area contributed by atoms with Crippen LogP contribution in [0.1, 0.15) is 17.9 Å². The van der Waals surface area contributed by atoms with Gasteiger partial charge in [-0.2, -0.15) is 13.2 Å². The second-order valence-electron chi connectivity index (χ2n) is 8.12. The maximum Gasteiger partial charge on any atom is 0.416 e. The fourth-order valence-electron chi connectivity index (χ4n) is 3.96. The van der Waals surface area contributed by atoms with Gasteiger partial charge in [-0.15, -0.1) is 0 Å². The van der Waals surface area contributed by atoms with Crippen LogP contribution in [0.15, 0.2) is 53.1 Å². The van der Waals surface area contributed by atoms with Gasteiger partial charge in [0.15, 0.2) is 11.7 Å². The summed E-state index contributed by atoms with van der Waals surface area (Å²) in [7, 11) is 1.59. The maximum atomic E-state index is 12.9. The number of oxazole rings is 1. The highest BCUT2D eigenvalue weighted by atomic mass is 19.4. The summed E-state index contributed by atoms with van der Waals surface area (Å²) < 4.78 is 55.3. The molecule has 35 heavy (non-hydrogen) atoms. The molecular weight excluding hydrogens is 463 g/mol. The molecule has 186 valence electrons. The van der Waals surface area contributed by atoms with Crippen molar-refractivity contribution in [2.75, 3.05) is 44.8 Å². The quantitative estimate of drug-likeness (QED) is 0.475. The highest BCUT2D eigenvalue weighted by molar-refractivity contribution is 5.78. The lowest BCUT2D eigenvalue weighted by molar-refractivity contribution is -0.137. The number of aryl methyl sites for hydroxylation is 1. The molecule has 3 aromatic rings. The molecule has 10 heteroatoms. The van der Waals surface area contributed by atoms with Crippen LogP contribution in [0.5, 0.6) is 11.5 Å². The zero-order valence-electron chi connectivity index (χ0n) is 19.5. The molecule has 2 aromatic carbocycles. The summed E-state index contributed by atoms with van der Waals surface area (Å²) in [6.45, 7) is 3.76. The van der Waals surface area contributed by atoms with Crippen LogP contribution < -0.4 is 14.4 Å². The molecule has 1 fully saturated rings. The van der Waals surface area contributed by atoms with Crippen molar-refractivity contribution < 1.29 is 31.9 Å². The molecule has 1 aliphatic heterocycles. The summed E-state index contributed by atoms with van der Waals surface area (Å²) in [6, 6.07) is 10.5. The first kappa shape index (κ1) is 24.4. The van der Waals surface area contributed by atoms with E-state index in [1.54, 1.807) is 25.1 Å². The molecule has 1 aromatic heterocycles. The normalized spacial score (nSPS) is 14.7. The predicted molar refractivity (Wildman–Crippen MR) is 124 cm³/mol. The van der Waals surface area contributed by atoms with Crippen molar-refractivity contribution in [3.63, 3.8) is 0 Å². The monoisotopic (exact) mass is 489 g/mol. The predicted octanol–water partition coefficient (Wildman–Crippen LogP) is 4.80. The van der Waals surface area contributed by atoms with E-state index in [0.29, 0.717) is 43.5 Å². The number of hydrogen-bond acceptors (Lipinski definition) is 6. The first-order valence-electron chi connectivity index (χ1n) is 11.2. The Labute approximate surface area is 201 Å². The Balaban J connectivity index is 1.37. The van der Waals surface area contributed by atoms with E-state index in [1.807, 2.05) is 18.2 Å². The molecule has 0 spiro atoms. The van der Waals surface area contributed by atoms with Gasteiger partial charge in [0.2, 0.25) is 5.91 Å². The highest BCUT2D eigenvalue weighted by Gasteiger charge is 2.30. The smallest absolute Gasteiger partial charge is 0.416 e. The van der Waals surface area contributed by atoms with Gasteiger partial charge in [-0.3, -0.25) is 4.79 Å². The van der Waals surface area contributed by atoms with Crippen LogP contribution in [0.2, 0.25) is 0 Å². The number of anilines is 1. The summed E-state index contributed by atoms with van der Waals surface area (Å²) in [5.74, 6) is 1.91. The number of ether oxygens (including phenoxy) is 2. The van der Waals surface area contributed by atoms with Crippen LogP contribution in [-0.2, 0) is 11.0 Å². The van der Waals surface area contributed by atoms with Crippen molar-refractivity contribution in [1.29, 1.82) is 0 Å². The number of aromatic nitrogens is 1. The average Bonchev–Trinajstić information content (AvgIpc) is 3.19. The van der Waals surface area contributed by atoms with Crippen LogP contribution in [-0.4, -0.2) is 55.7 Å². The van der Waals surface area contributed by atoms with E-state index in [4.69, 9.17) is 13.9 Å². The van der Waals surface area contributed by atoms with E-state index in [-0.39, 0.29) is 24.8 Å². The molecule has 0 unspecified atom stereocenters. The Kier molecular flexibility index (Phi) is 7.18. The lowest BCUT2D eigenvalue weighted by Crippen LogP contribution is -2.36. The summed E-state index contributed by atoms with van der Waals surface area (Å²) in [5.41, 5.74) is 0.934. The Morgan fingerprint density at radius 3 is 2.66 bits per heavy atom. The van der Waals surface area contributed by atoms with Crippen LogP contribution in [0.25, 0.3) is 11.3 Å². The summed E-state index contributed by atoms with van der Waals surface area (Å²) in [4.78, 5) is 20.5. The van der Waals surface area contributed by atoms with E-state index in [9.17, 15) is 18.0 Å². The average molecular weight is 489 g/mol. The van der Waals surface area contributed by atoms with Crippen molar-refractivity contribution >= 4 is 11.6 Å². The summed E-state index contributed by atoms with van der Waals surface area (Å²) >= 11 is 0. The number of hydrogen-bond donors (Lipinski definition) is 0. The number of carbonyl (C=O) groups excluding carboxylic acids is 1. The third kappa shape index (κ3) is 5.87. The number of carbonyl (C=O) groups is 1. The second-order valence-corrected chi connectivity index (χ2v) is 8.12. The van der Waals surface area contributed by atoms with Gasteiger partial charge in [-0.25, -0.2) is 4.98 Å². The van der Waals surface area contributed by atoms with Crippen molar-refractivity contribution in [3.05, 3.63) is 60.1 Å². The Morgan fingerprint density at radius 2 is 1.94 bits per heavy atom. The lowest BCUT2D eigenvalue weighted by atomic mass is 10.1. The zero-order valence-corrected chi connectivity index (χ0v) is 19.5. The lowest BCUT2D eigenvalue weighted by Gasteiger charge is -2.24. The van der Waals surface area contributed by atoms with Crippen molar-refractivity contribution in [3.8, 4) is 22.8 Å². The van der Waals surface area contributed by atoms with Crippen LogP contribution >= 0.6 is 0 Å². The van der Waals surface area contributed by atoms with E-state index in [0.717, 1.165) is 23.4 Å². The Hall–Kier alpha value is -3.69. The Morgan fingerprint density at radius 1 is 1.11 bits per heavy atom. The molecular formula is C25H26F3N3O4. The number of methoxy groups -OCH3 is 1. The summed E-state index contributed by atoms with van der Waals surface area (Å²) in [5, 5.41) is 0. The molecule has 7 nitrogen and oxygen atoms in total. The highest BCUT2D eigenvalue weighted by Crippen LogP contribution is 2.34. The molecule has 0 bridgehead atoms. The third-order valence-electron chi connectivity index (χ3n) is 5.82. The number of halogens is 3.